The standard InChI is InChI=1S/C17H22N2O/c1-3-8-18-17(16-10-13(2)7-9-19-16)12-14-5-4-6-15(20)11-14/h4-7,9-11,17-18,20H,3,8,12H2,1-2H3. The van der Waals surface area contributed by atoms with Crippen LogP contribution in [0.5, 0.6) is 5.75 Å². The van der Waals surface area contributed by atoms with E-state index in [4.69, 9.17) is 0 Å². The minimum absolute atomic E-state index is 0.177. The van der Waals surface area contributed by atoms with Crippen LogP contribution in [0.4, 0.5) is 0 Å². The number of pyridine rings is 1. The lowest BCUT2D eigenvalue weighted by Gasteiger charge is -2.18. The van der Waals surface area contributed by atoms with E-state index in [1.807, 2.05) is 30.5 Å². The molecule has 1 atom stereocenters. The van der Waals surface area contributed by atoms with Crippen LogP contribution in [0.15, 0.2) is 42.6 Å². The molecular weight excluding hydrogens is 248 g/mol. The molecule has 0 fully saturated rings. The SMILES string of the molecule is CCCNC(Cc1cccc(O)c1)c1cc(C)ccn1. The Balaban J connectivity index is 2.19. The third-order valence-corrected chi connectivity index (χ3v) is 3.28. The van der Waals surface area contributed by atoms with Crippen molar-refractivity contribution in [3.8, 4) is 5.75 Å². The fourth-order valence-corrected chi connectivity index (χ4v) is 2.27. The summed E-state index contributed by atoms with van der Waals surface area (Å²) in [5.74, 6) is 0.314. The van der Waals surface area contributed by atoms with Crippen molar-refractivity contribution in [1.82, 2.24) is 10.3 Å². The molecule has 2 rings (SSSR count). The van der Waals surface area contributed by atoms with E-state index in [0.29, 0.717) is 5.75 Å². The van der Waals surface area contributed by atoms with E-state index in [-0.39, 0.29) is 6.04 Å². The minimum atomic E-state index is 0.177. The zero-order valence-corrected chi connectivity index (χ0v) is 12.1. The maximum absolute atomic E-state index is 9.58. The number of aryl methyl sites for hydroxylation is 1. The molecule has 1 unspecified atom stereocenters. The molecule has 0 amide bonds. The van der Waals surface area contributed by atoms with Gasteiger partial charge >= 0.3 is 0 Å². The Morgan fingerprint density at radius 3 is 2.80 bits per heavy atom. The molecule has 0 aliphatic heterocycles. The Morgan fingerprint density at radius 2 is 2.10 bits per heavy atom. The molecule has 20 heavy (non-hydrogen) atoms. The molecule has 0 saturated heterocycles. The second-order valence-electron chi connectivity index (χ2n) is 5.14. The number of aromatic nitrogens is 1. The first-order chi connectivity index (χ1) is 9.69. The Morgan fingerprint density at radius 1 is 1.25 bits per heavy atom. The summed E-state index contributed by atoms with van der Waals surface area (Å²) in [4.78, 5) is 4.49. The van der Waals surface area contributed by atoms with Gasteiger partial charge in [0, 0.05) is 6.20 Å². The quantitative estimate of drug-likeness (QED) is 0.846. The first-order valence-electron chi connectivity index (χ1n) is 7.13. The summed E-state index contributed by atoms with van der Waals surface area (Å²) in [7, 11) is 0. The molecule has 1 aromatic carbocycles. The van der Waals surface area contributed by atoms with Crippen LogP contribution in [0, 0.1) is 6.92 Å². The van der Waals surface area contributed by atoms with Gasteiger partial charge in [0.1, 0.15) is 5.75 Å². The number of benzene rings is 1. The second-order valence-corrected chi connectivity index (χ2v) is 5.14. The second kappa shape index (κ2) is 7.06. The van der Waals surface area contributed by atoms with Gasteiger partial charge in [-0.1, -0.05) is 19.1 Å². The van der Waals surface area contributed by atoms with E-state index in [9.17, 15) is 5.11 Å². The summed E-state index contributed by atoms with van der Waals surface area (Å²) in [5.41, 5.74) is 3.39. The molecule has 106 valence electrons. The number of rotatable bonds is 6. The lowest BCUT2D eigenvalue weighted by atomic mass is 10.0. The fourth-order valence-electron chi connectivity index (χ4n) is 2.27. The highest BCUT2D eigenvalue weighted by molar-refractivity contribution is 5.29. The van der Waals surface area contributed by atoms with Gasteiger partial charge in [-0.2, -0.15) is 0 Å². The van der Waals surface area contributed by atoms with Crippen molar-refractivity contribution >= 4 is 0 Å². The van der Waals surface area contributed by atoms with Crippen molar-refractivity contribution in [2.75, 3.05) is 6.54 Å². The molecule has 0 spiro atoms. The van der Waals surface area contributed by atoms with Crippen molar-refractivity contribution in [2.45, 2.75) is 32.7 Å². The van der Waals surface area contributed by atoms with Crippen LogP contribution in [0.1, 0.15) is 36.2 Å². The van der Waals surface area contributed by atoms with E-state index in [2.05, 4.69) is 30.2 Å². The molecule has 0 radical (unpaired) electrons. The fraction of sp³-hybridized carbons (Fsp3) is 0.353. The first kappa shape index (κ1) is 14.5. The maximum atomic E-state index is 9.58. The van der Waals surface area contributed by atoms with Crippen LogP contribution in [-0.2, 0) is 6.42 Å². The summed E-state index contributed by atoms with van der Waals surface area (Å²) >= 11 is 0. The van der Waals surface area contributed by atoms with Crippen molar-refractivity contribution in [3.05, 3.63) is 59.4 Å². The number of nitrogens with one attached hydrogen (secondary N) is 1. The Hall–Kier alpha value is -1.87. The van der Waals surface area contributed by atoms with E-state index < -0.39 is 0 Å². The zero-order valence-electron chi connectivity index (χ0n) is 12.1. The first-order valence-corrected chi connectivity index (χ1v) is 7.13. The normalized spacial score (nSPS) is 12.3. The molecule has 0 bridgehead atoms. The van der Waals surface area contributed by atoms with Crippen LogP contribution >= 0.6 is 0 Å². The monoisotopic (exact) mass is 270 g/mol. The number of phenols is 1. The molecule has 0 saturated carbocycles. The van der Waals surface area contributed by atoms with Crippen LogP contribution in [0.3, 0.4) is 0 Å². The van der Waals surface area contributed by atoms with Crippen LogP contribution < -0.4 is 5.32 Å². The number of phenolic OH excluding ortho intramolecular Hbond substituents is 1. The molecule has 3 nitrogen and oxygen atoms in total. The Kier molecular flexibility index (Phi) is 5.13. The molecule has 0 aliphatic rings. The maximum Gasteiger partial charge on any atom is 0.115 e. The lowest BCUT2D eigenvalue weighted by Crippen LogP contribution is -2.25. The van der Waals surface area contributed by atoms with E-state index in [1.165, 1.54) is 5.56 Å². The molecule has 0 aliphatic carbocycles. The van der Waals surface area contributed by atoms with Crippen LogP contribution in [0.2, 0.25) is 0 Å². The average Bonchev–Trinajstić information content (AvgIpc) is 2.43. The third-order valence-electron chi connectivity index (χ3n) is 3.28. The van der Waals surface area contributed by atoms with Crippen molar-refractivity contribution < 1.29 is 5.11 Å². The molecule has 2 aromatic rings. The number of hydrogen-bond donors (Lipinski definition) is 2. The van der Waals surface area contributed by atoms with Crippen LogP contribution in [0.25, 0.3) is 0 Å². The van der Waals surface area contributed by atoms with Gasteiger partial charge in [-0.05, 0) is 61.7 Å². The molecule has 1 heterocycles. The minimum Gasteiger partial charge on any atom is -0.508 e. The van der Waals surface area contributed by atoms with Gasteiger partial charge in [0.15, 0.2) is 0 Å². The Labute approximate surface area is 120 Å². The summed E-state index contributed by atoms with van der Waals surface area (Å²) in [6, 6.07) is 11.7. The van der Waals surface area contributed by atoms with Gasteiger partial charge in [-0.3, -0.25) is 4.98 Å². The highest BCUT2D eigenvalue weighted by Gasteiger charge is 2.13. The molecule has 2 N–H and O–H groups in total. The summed E-state index contributed by atoms with van der Waals surface area (Å²) < 4.78 is 0. The van der Waals surface area contributed by atoms with Gasteiger partial charge in [0.25, 0.3) is 0 Å². The van der Waals surface area contributed by atoms with Crippen molar-refractivity contribution in [2.24, 2.45) is 0 Å². The predicted molar refractivity (Wildman–Crippen MR) is 81.8 cm³/mol. The van der Waals surface area contributed by atoms with E-state index >= 15 is 0 Å². The summed E-state index contributed by atoms with van der Waals surface area (Å²) in [6.07, 6.45) is 3.76. The van der Waals surface area contributed by atoms with Gasteiger partial charge in [0.05, 0.1) is 11.7 Å². The van der Waals surface area contributed by atoms with Gasteiger partial charge in [-0.15, -0.1) is 0 Å². The molecular formula is C17H22N2O. The van der Waals surface area contributed by atoms with Crippen molar-refractivity contribution in [3.63, 3.8) is 0 Å². The summed E-state index contributed by atoms with van der Waals surface area (Å²) in [5, 5.41) is 13.1. The third kappa shape index (κ3) is 4.07. The highest BCUT2D eigenvalue weighted by Crippen LogP contribution is 2.20. The molecule has 1 aromatic heterocycles. The lowest BCUT2D eigenvalue weighted by molar-refractivity contribution is 0.472. The number of aromatic hydroxyl groups is 1. The van der Waals surface area contributed by atoms with Gasteiger partial charge in [0.2, 0.25) is 0 Å². The Bertz CT molecular complexity index is 554. The average molecular weight is 270 g/mol. The summed E-state index contributed by atoms with van der Waals surface area (Å²) in [6.45, 7) is 5.19. The molecule has 3 heteroatoms. The van der Waals surface area contributed by atoms with Gasteiger partial charge < -0.3 is 10.4 Å². The van der Waals surface area contributed by atoms with Crippen molar-refractivity contribution in [1.29, 1.82) is 0 Å². The van der Waals surface area contributed by atoms with E-state index in [0.717, 1.165) is 30.6 Å². The zero-order chi connectivity index (χ0) is 14.4. The van der Waals surface area contributed by atoms with E-state index in [1.54, 1.807) is 6.07 Å². The predicted octanol–water partition coefficient (Wildman–Crippen LogP) is 3.38. The highest BCUT2D eigenvalue weighted by atomic mass is 16.3. The largest absolute Gasteiger partial charge is 0.508 e. The number of nitrogens with zero attached hydrogens (tertiary/aromatic N) is 1. The topological polar surface area (TPSA) is 45.1 Å². The van der Waals surface area contributed by atoms with Crippen LogP contribution in [-0.4, -0.2) is 16.6 Å². The van der Waals surface area contributed by atoms with Gasteiger partial charge in [-0.25, -0.2) is 0 Å². The smallest absolute Gasteiger partial charge is 0.115 e. The number of hydrogen-bond acceptors (Lipinski definition) is 3.